The molecule has 5 nitrogen and oxygen atoms in total. The molecule has 2 aromatic carbocycles. The van der Waals surface area contributed by atoms with Crippen molar-refractivity contribution in [3.63, 3.8) is 0 Å². The van der Waals surface area contributed by atoms with Crippen LogP contribution >= 0.6 is 0 Å². The summed E-state index contributed by atoms with van der Waals surface area (Å²) in [6.45, 7) is 2.35. The molecule has 0 saturated heterocycles. The summed E-state index contributed by atoms with van der Waals surface area (Å²) in [4.78, 5) is 12.2. The predicted molar refractivity (Wildman–Crippen MR) is 108 cm³/mol. The van der Waals surface area contributed by atoms with Gasteiger partial charge in [0.25, 0.3) is 5.91 Å². The van der Waals surface area contributed by atoms with E-state index in [9.17, 15) is 15.0 Å². The molecule has 0 aliphatic heterocycles. The molecule has 0 heterocycles. The lowest BCUT2D eigenvalue weighted by atomic mass is 10.0. The highest BCUT2D eigenvalue weighted by Crippen LogP contribution is 2.18. The third-order valence-corrected chi connectivity index (χ3v) is 4.34. The SMILES string of the molecule is Cc1ccc(/C(O)=C(/C=N)C(=O)NCCCCC(O)c2ccccc2)cc1. The molecule has 1 amide bonds. The van der Waals surface area contributed by atoms with E-state index in [-0.39, 0.29) is 11.3 Å². The Labute approximate surface area is 159 Å². The monoisotopic (exact) mass is 366 g/mol. The van der Waals surface area contributed by atoms with Crippen molar-refractivity contribution in [1.82, 2.24) is 5.32 Å². The van der Waals surface area contributed by atoms with Crippen molar-refractivity contribution in [2.24, 2.45) is 0 Å². The Hall–Kier alpha value is -2.92. The number of hydrogen-bond donors (Lipinski definition) is 4. The Morgan fingerprint density at radius 3 is 2.41 bits per heavy atom. The first-order valence-corrected chi connectivity index (χ1v) is 9.05. The number of carbonyl (C=O) groups excluding carboxylic acids is 1. The van der Waals surface area contributed by atoms with Gasteiger partial charge in [-0.15, -0.1) is 0 Å². The van der Waals surface area contributed by atoms with Crippen LogP contribution in [0.2, 0.25) is 0 Å². The van der Waals surface area contributed by atoms with Crippen molar-refractivity contribution < 1.29 is 15.0 Å². The van der Waals surface area contributed by atoms with E-state index in [1.807, 2.05) is 49.4 Å². The maximum atomic E-state index is 12.2. The molecule has 5 heteroatoms. The zero-order valence-electron chi connectivity index (χ0n) is 15.5. The average Bonchev–Trinajstić information content (AvgIpc) is 2.69. The van der Waals surface area contributed by atoms with Gasteiger partial charge in [0, 0.05) is 18.3 Å². The van der Waals surface area contributed by atoms with Crippen molar-refractivity contribution in [3.8, 4) is 0 Å². The molecular weight excluding hydrogens is 340 g/mol. The fourth-order valence-corrected chi connectivity index (χ4v) is 2.71. The summed E-state index contributed by atoms with van der Waals surface area (Å²) in [5.41, 5.74) is 2.37. The summed E-state index contributed by atoms with van der Waals surface area (Å²) in [7, 11) is 0. The van der Waals surface area contributed by atoms with Crippen LogP contribution in [0.15, 0.2) is 60.2 Å². The molecule has 0 fully saturated rings. The van der Waals surface area contributed by atoms with Gasteiger partial charge in [-0.2, -0.15) is 0 Å². The Balaban J connectivity index is 1.82. The van der Waals surface area contributed by atoms with E-state index in [4.69, 9.17) is 5.41 Å². The molecule has 1 atom stereocenters. The highest BCUT2D eigenvalue weighted by Gasteiger charge is 2.14. The first-order valence-electron chi connectivity index (χ1n) is 9.05. The summed E-state index contributed by atoms with van der Waals surface area (Å²) in [6, 6.07) is 16.6. The molecule has 0 aromatic heterocycles. The minimum Gasteiger partial charge on any atom is -0.506 e. The minimum atomic E-state index is -0.510. The van der Waals surface area contributed by atoms with Crippen molar-refractivity contribution in [1.29, 1.82) is 5.41 Å². The van der Waals surface area contributed by atoms with Gasteiger partial charge in [0.15, 0.2) is 0 Å². The average molecular weight is 366 g/mol. The van der Waals surface area contributed by atoms with Crippen LogP contribution in [0.4, 0.5) is 0 Å². The lowest BCUT2D eigenvalue weighted by Crippen LogP contribution is -2.27. The van der Waals surface area contributed by atoms with E-state index in [1.54, 1.807) is 12.1 Å². The van der Waals surface area contributed by atoms with E-state index in [2.05, 4.69) is 5.32 Å². The molecule has 0 aliphatic carbocycles. The standard InChI is InChI=1S/C22H26N2O3/c1-16-10-12-18(13-11-16)21(26)19(15-23)22(27)24-14-6-5-9-20(25)17-7-3-2-4-8-17/h2-4,7-8,10-13,15,20,23,25-26H,5-6,9,14H2,1H3,(H,24,27)/b21-19+,23-15?. The van der Waals surface area contributed by atoms with Crippen LogP contribution in [0.25, 0.3) is 5.76 Å². The van der Waals surface area contributed by atoms with E-state index in [0.717, 1.165) is 23.8 Å². The molecule has 0 saturated carbocycles. The number of unbranched alkanes of at least 4 members (excludes halogenated alkanes) is 1. The molecule has 1 unspecified atom stereocenters. The number of carbonyl (C=O) groups is 1. The van der Waals surface area contributed by atoms with Gasteiger partial charge in [-0.05, 0) is 31.7 Å². The summed E-state index contributed by atoms with van der Waals surface area (Å²) in [6.07, 6.45) is 2.42. The van der Waals surface area contributed by atoms with Gasteiger partial charge in [-0.25, -0.2) is 0 Å². The van der Waals surface area contributed by atoms with Gasteiger partial charge in [0.1, 0.15) is 5.76 Å². The highest BCUT2D eigenvalue weighted by atomic mass is 16.3. The summed E-state index contributed by atoms with van der Waals surface area (Å²) in [5.74, 6) is -0.686. The zero-order chi connectivity index (χ0) is 19.6. The largest absolute Gasteiger partial charge is 0.506 e. The number of aliphatic hydroxyl groups excluding tert-OH is 2. The molecule has 4 N–H and O–H groups in total. The van der Waals surface area contributed by atoms with Crippen LogP contribution in [0.3, 0.4) is 0 Å². The van der Waals surface area contributed by atoms with E-state index < -0.39 is 12.0 Å². The number of nitrogens with one attached hydrogen (secondary N) is 2. The van der Waals surface area contributed by atoms with Gasteiger partial charge in [0.05, 0.1) is 11.7 Å². The van der Waals surface area contributed by atoms with Crippen LogP contribution < -0.4 is 5.32 Å². The number of benzene rings is 2. The number of aliphatic hydroxyl groups is 2. The van der Waals surface area contributed by atoms with Crippen molar-refractivity contribution in [3.05, 3.63) is 76.9 Å². The fourth-order valence-electron chi connectivity index (χ4n) is 2.71. The zero-order valence-corrected chi connectivity index (χ0v) is 15.5. The third-order valence-electron chi connectivity index (χ3n) is 4.34. The first kappa shape index (κ1) is 20.4. The lowest BCUT2D eigenvalue weighted by Gasteiger charge is -2.11. The number of aryl methyl sites for hydroxylation is 1. The van der Waals surface area contributed by atoms with Gasteiger partial charge < -0.3 is 20.9 Å². The highest BCUT2D eigenvalue weighted by molar-refractivity contribution is 6.16. The Bertz CT molecular complexity index is 783. The molecule has 2 rings (SSSR count). The Kier molecular flexibility index (Phi) is 7.77. The van der Waals surface area contributed by atoms with Gasteiger partial charge in [-0.3, -0.25) is 4.79 Å². The molecular formula is C22H26N2O3. The van der Waals surface area contributed by atoms with Crippen molar-refractivity contribution >= 4 is 17.9 Å². The quantitative estimate of drug-likeness (QED) is 0.234. The number of hydrogen-bond acceptors (Lipinski definition) is 4. The number of rotatable bonds is 9. The summed E-state index contributed by atoms with van der Waals surface area (Å²) < 4.78 is 0. The molecule has 0 radical (unpaired) electrons. The van der Waals surface area contributed by atoms with Crippen LogP contribution in [0.1, 0.15) is 42.1 Å². The topological polar surface area (TPSA) is 93.4 Å². The smallest absolute Gasteiger partial charge is 0.256 e. The van der Waals surface area contributed by atoms with E-state index >= 15 is 0 Å². The maximum Gasteiger partial charge on any atom is 0.256 e. The molecule has 0 bridgehead atoms. The van der Waals surface area contributed by atoms with Crippen LogP contribution in [0.5, 0.6) is 0 Å². The second kappa shape index (κ2) is 10.3. The van der Waals surface area contributed by atoms with E-state index in [0.29, 0.717) is 24.9 Å². The molecule has 142 valence electrons. The maximum absolute atomic E-state index is 12.2. The molecule has 27 heavy (non-hydrogen) atoms. The van der Waals surface area contributed by atoms with Gasteiger partial charge in [0.2, 0.25) is 0 Å². The van der Waals surface area contributed by atoms with Gasteiger partial charge in [-0.1, -0.05) is 60.2 Å². The predicted octanol–water partition coefficient (Wildman–Crippen LogP) is 3.93. The lowest BCUT2D eigenvalue weighted by molar-refractivity contribution is -0.117. The normalized spacial score (nSPS) is 12.8. The molecule has 0 spiro atoms. The third kappa shape index (κ3) is 6.08. The summed E-state index contributed by atoms with van der Waals surface area (Å²) in [5, 5.41) is 30.6. The Morgan fingerprint density at radius 2 is 1.78 bits per heavy atom. The minimum absolute atomic E-state index is 0.0665. The fraction of sp³-hybridized carbons (Fsp3) is 0.273. The van der Waals surface area contributed by atoms with Crippen LogP contribution in [0, 0.1) is 12.3 Å². The second-order valence-corrected chi connectivity index (χ2v) is 6.45. The second-order valence-electron chi connectivity index (χ2n) is 6.45. The first-order chi connectivity index (χ1) is 13.0. The van der Waals surface area contributed by atoms with Crippen molar-refractivity contribution in [2.45, 2.75) is 32.3 Å². The van der Waals surface area contributed by atoms with Crippen LogP contribution in [-0.4, -0.2) is 28.9 Å². The van der Waals surface area contributed by atoms with Crippen molar-refractivity contribution in [2.75, 3.05) is 6.54 Å². The van der Waals surface area contributed by atoms with Crippen LogP contribution in [-0.2, 0) is 4.79 Å². The Morgan fingerprint density at radius 1 is 1.11 bits per heavy atom. The number of amides is 1. The van der Waals surface area contributed by atoms with Gasteiger partial charge >= 0.3 is 0 Å². The van der Waals surface area contributed by atoms with E-state index in [1.165, 1.54) is 0 Å². The molecule has 0 aliphatic rings. The molecule has 2 aromatic rings. The summed E-state index contributed by atoms with van der Waals surface area (Å²) >= 11 is 0.